The van der Waals surface area contributed by atoms with Crippen LogP contribution in [0.1, 0.15) is 24.6 Å². The number of halogens is 3. The third kappa shape index (κ3) is 4.73. The summed E-state index contributed by atoms with van der Waals surface area (Å²) in [5.41, 5.74) is 5.01. The quantitative estimate of drug-likeness (QED) is 0.246. The normalized spacial score (nSPS) is 16.4. The van der Waals surface area contributed by atoms with Crippen molar-refractivity contribution in [3.63, 3.8) is 0 Å². The van der Waals surface area contributed by atoms with E-state index in [1.807, 2.05) is 30.7 Å². The van der Waals surface area contributed by atoms with Gasteiger partial charge < -0.3 is 4.98 Å². The first-order valence-electron chi connectivity index (χ1n) is 12.9. The van der Waals surface area contributed by atoms with Crippen molar-refractivity contribution in [2.24, 2.45) is 0 Å². The zero-order valence-electron chi connectivity index (χ0n) is 22.0. The van der Waals surface area contributed by atoms with Gasteiger partial charge in [0.05, 0.1) is 23.3 Å². The minimum absolute atomic E-state index is 0.163. The number of aromatic nitrogens is 7. The van der Waals surface area contributed by atoms with E-state index >= 15 is 4.39 Å². The maximum Gasteiger partial charge on any atom is 0.261 e. The summed E-state index contributed by atoms with van der Waals surface area (Å²) in [5.74, 6) is -1.99. The van der Waals surface area contributed by atoms with Gasteiger partial charge in [-0.15, -0.1) is 0 Å². The lowest BCUT2D eigenvalue weighted by Crippen LogP contribution is -2.26. The molecule has 1 aromatic carbocycles. The topological polar surface area (TPSA) is 91.3 Å². The summed E-state index contributed by atoms with van der Waals surface area (Å²) in [5, 5.41) is 8.02. The number of aryl methyl sites for hydroxylation is 1. The summed E-state index contributed by atoms with van der Waals surface area (Å²) in [6, 6.07) is 4.96. The molecule has 0 radical (unpaired) electrons. The van der Waals surface area contributed by atoms with E-state index in [1.165, 1.54) is 6.07 Å². The van der Waals surface area contributed by atoms with Gasteiger partial charge in [-0.05, 0) is 37.1 Å². The fourth-order valence-corrected chi connectivity index (χ4v) is 5.08. The third-order valence-corrected chi connectivity index (χ3v) is 7.09. The number of nitrogens with zero attached hydrogens (tertiary/aromatic N) is 6. The van der Waals surface area contributed by atoms with E-state index in [2.05, 4.69) is 31.7 Å². The van der Waals surface area contributed by atoms with E-state index in [-0.39, 0.29) is 13.0 Å². The van der Waals surface area contributed by atoms with Gasteiger partial charge in [0.25, 0.3) is 5.92 Å². The average Bonchev–Trinajstić information content (AvgIpc) is 3.71. The van der Waals surface area contributed by atoms with Gasteiger partial charge in [0.2, 0.25) is 0 Å². The number of aromatic amines is 2. The molecule has 0 unspecified atom stereocenters. The van der Waals surface area contributed by atoms with Crippen LogP contribution in [0, 0.1) is 12.7 Å². The zero-order valence-corrected chi connectivity index (χ0v) is 22.0. The highest BCUT2D eigenvalue weighted by atomic mass is 19.3. The molecule has 5 heterocycles. The molecular weight excluding hydrogens is 517 g/mol. The second-order valence-electron chi connectivity index (χ2n) is 9.97. The molecule has 40 heavy (non-hydrogen) atoms. The van der Waals surface area contributed by atoms with Crippen LogP contribution in [0.2, 0.25) is 0 Å². The van der Waals surface area contributed by atoms with Crippen molar-refractivity contribution >= 4 is 27.5 Å². The minimum Gasteiger partial charge on any atom is -0.336 e. The van der Waals surface area contributed by atoms with Crippen molar-refractivity contribution in [2.45, 2.75) is 26.2 Å². The molecule has 0 bridgehead atoms. The van der Waals surface area contributed by atoms with Gasteiger partial charge in [0.1, 0.15) is 23.4 Å². The van der Waals surface area contributed by atoms with Crippen LogP contribution in [0.25, 0.3) is 44.8 Å². The van der Waals surface area contributed by atoms with E-state index in [0.717, 1.165) is 16.8 Å². The number of fused-ring (bicyclic) bond motifs is 2. The van der Waals surface area contributed by atoms with Crippen LogP contribution < -0.4 is 0 Å². The Balaban J connectivity index is 1.38. The van der Waals surface area contributed by atoms with Crippen molar-refractivity contribution in [1.82, 2.24) is 39.6 Å². The fourth-order valence-electron chi connectivity index (χ4n) is 5.08. The van der Waals surface area contributed by atoms with Crippen LogP contribution in [-0.2, 0) is 0 Å². The zero-order chi connectivity index (χ0) is 28.0. The molecule has 8 nitrogen and oxygen atoms in total. The Morgan fingerprint density at radius 3 is 2.77 bits per heavy atom. The predicted molar refractivity (Wildman–Crippen MR) is 149 cm³/mol. The van der Waals surface area contributed by atoms with Crippen molar-refractivity contribution in [3.8, 4) is 17.3 Å². The van der Waals surface area contributed by atoms with Crippen molar-refractivity contribution in [1.29, 1.82) is 0 Å². The van der Waals surface area contributed by atoms with Crippen LogP contribution in [0.5, 0.6) is 0 Å². The van der Waals surface area contributed by atoms with Crippen molar-refractivity contribution < 1.29 is 13.2 Å². The average molecular weight is 545 g/mol. The van der Waals surface area contributed by atoms with E-state index in [9.17, 15) is 8.78 Å². The number of alkyl halides is 2. The minimum atomic E-state index is -2.68. The molecule has 204 valence electrons. The van der Waals surface area contributed by atoms with Gasteiger partial charge in [-0.2, -0.15) is 5.10 Å². The Kier molecular flexibility index (Phi) is 6.38. The second kappa shape index (κ2) is 9.91. The van der Waals surface area contributed by atoms with Gasteiger partial charge in [0, 0.05) is 48.9 Å². The molecule has 11 heteroatoms. The molecule has 0 saturated carbocycles. The number of likely N-dealkylation sites (tertiary alicyclic amines) is 1. The highest BCUT2D eigenvalue weighted by Crippen LogP contribution is 2.33. The maximum atomic E-state index is 15.3. The van der Waals surface area contributed by atoms with Crippen LogP contribution in [-0.4, -0.2) is 65.2 Å². The standard InChI is InChI=1S/C29H27F3N8/c1-4-18(14-39-9-7-29(31,32)15-39)10-19(5-2)20-11-21-24(12-22(20)30)37-38-25(21)27-35-23-6-8-33-28(26(23)36-27)40-13-17(3)34-16-40/h4-6,8,10-13,16H,1,7,9,14-15H2,2-3H3,(H,35,36)(H,37,38)/b18-10+,19-5+. The van der Waals surface area contributed by atoms with Gasteiger partial charge in [0.15, 0.2) is 11.6 Å². The van der Waals surface area contributed by atoms with Crippen LogP contribution in [0.3, 0.4) is 0 Å². The summed E-state index contributed by atoms with van der Waals surface area (Å²) in [6.45, 7) is 7.87. The fraction of sp³-hybridized carbons (Fsp3) is 0.241. The highest BCUT2D eigenvalue weighted by Gasteiger charge is 2.38. The van der Waals surface area contributed by atoms with Crippen LogP contribution in [0.4, 0.5) is 13.2 Å². The summed E-state index contributed by atoms with van der Waals surface area (Å²) < 4.78 is 44.5. The predicted octanol–water partition coefficient (Wildman–Crippen LogP) is 5.99. The molecule has 0 spiro atoms. The number of nitrogens with one attached hydrogen (secondary N) is 2. The number of allylic oxidation sites excluding steroid dienone is 3. The second-order valence-corrected chi connectivity index (χ2v) is 9.97. The summed E-state index contributed by atoms with van der Waals surface area (Å²) >= 11 is 0. The Bertz CT molecular complexity index is 1810. The number of imidazole rings is 2. The highest BCUT2D eigenvalue weighted by molar-refractivity contribution is 5.96. The first kappa shape index (κ1) is 25.8. The first-order chi connectivity index (χ1) is 19.2. The number of hydrogen-bond acceptors (Lipinski definition) is 5. The van der Waals surface area contributed by atoms with Gasteiger partial charge in [-0.1, -0.05) is 24.8 Å². The van der Waals surface area contributed by atoms with Crippen molar-refractivity contribution in [3.05, 3.63) is 84.4 Å². The van der Waals surface area contributed by atoms with Crippen molar-refractivity contribution in [2.75, 3.05) is 19.6 Å². The van der Waals surface area contributed by atoms with Gasteiger partial charge in [-0.25, -0.2) is 28.1 Å². The van der Waals surface area contributed by atoms with E-state index in [1.54, 1.807) is 41.7 Å². The number of rotatable bonds is 7. The Labute approximate surface area is 228 Å². The largest absolute Gasteiger partial charge is 0.336 e. The lowest BCUT2D eigenvalue weighted by molar-refractivity contribution is 0.0131. The third-order valence-electron chi connectivity index (χ3n) is 7.09. The molecule has 0 atom stereocenters. The Morgan fingerprint density at radius 1 is 1.23 bits per heavy atom. The van der Waals surface area contributed by atoms with Gasteiger partial charge >= 0.3 is 0 Å². The molecule has 0 aliphatic carbocycles. The van der Waals surface area contributed by atoms with E-state index in [0.29, 0.717) is 58.0 Å². The molecule has 6 rings (SSSR count). The molecule has 1 aliphatic heterocycles. The summed E-state index contributed by atoms with van der Waals surface area (Å²) in [7, 11) is 0. The van der Waals surface area contributed by atoms with Gasteiger partial charge in [-0.3, -0.25) is 14.6 Å². The molecule has 5 aromatic rings. The first-order valence-corrected chi connectivity index (χ1v) is 12.9. The number of H-pyrrole nitrogens is 2. The monoisotopic (exact) mass is 544 g/mol. The van der Waals surface area contributed by atoms with E-state index in [4.69, 9.17) is 4.98 Å². The SMILES string of the molecule is C=C/C(=C\C(=C/C)c1cc2c(-c3nc4c(-n5cnc(C)c5)nccc4[nH]3)n[nH]c2cc1F)CN1CCC(F)(F)C1. The molecule has 2 N–H and O–H groups in total. The Morgan fingerprint density at radius 2 is 2.08 bits per heavy atom. The lowest BCUT2D eigenvalue weighted by Gasteiger charge is -2.16. The number of benzene rings is 1. The summed E-state index contributed by atoms with van der Waals surface area (Å²) in [6.07, 6.45) is 10.3. The van der Waals surface area contributed by atoms with Crippen LogP contribution in [0.15, 0.2) is 67.3 Å². The van der Waals surface area contributed by atoms with E-state index < -0.39 is 11.7 Å². The maximum absolute atomic E-state index is 15.3. The lowest BCUT2D eigenvalue weighted by atomic mass is 9.99. The van der Waals surface area contributed by atoms with Crippen LogP contribution >= 0.6 is 0 Å². The number of pyridine rings is 1. The molecule has 0 amide bonds. The molecule has 1 saturated heterocycles. The summed E-state index contributed by atoms with van der Waals surface area (Å²) in [4.78, 5) is 18.5. The number of hydrogen-bond donors (Lipinski definition) is 2. The Hall–Kier alpha value is -4.51. The smallest absolute Gasteiger partial charge is 0.261 e. The molecular formula is C29H27F3N8. The molecule has 1 fully saturated rings. The molecule has 4 aromatic heterocycles. The molecule has 1 aliphatic rings.